The lowest BCUT2D eigenvalue weighted by Crippen LogP contribution is -2.15. The van der Waals surface area contributed by atoms with Crippen molar-refractivity contribution in [2.75, 3.05) is 0 Å². The van der Waals surface area contributed by atoms with Gasteiger partial charge in [0.15, 0.2) is 0 Å². The molecule has 0 fully saturated rings. The second kappa shape index (κ2) is 12.1. The predicted molar refractivity (Wildman–Crippen MR) is 227 cm³/mol. The van der Waals surface area contributed by atoms with Crippen molar-refractivity contribution in [3.05, 3.63) is 198 Å². The second-order valence-electron chi connectivity index (χ2n) is 16.0. The maximum Gasteiger partial charge on any atom is 0.0715 e. The minimum Gasteiger partial charge on any atom is -0.248 e. The van der Waals surface area contributed by atoms with E-state index < -0.39 is 0 Å². The van der Waals surface area contributed by atoms with Crippen LogP contribution >= 0.6 is 0 Å². The van der Waals surface area contributed by atoms with Gasteiger partial charge in [-0.25, -0.2) is 4.98 Å². The Kier molecular flexibility index (Phi) is 7.26. The van der Waals surface area contributed by atoms with Gasteiger partial charge in [-0.05, 0) is 114 Å². The van der Waals surface area contributed by atoms with E-state index in [0.717, 1.165) is 22.5 Å². The molecule has 1 heterocycles. The molecule has 7 aromatic carbocycles. The molecule has 54 heavy (non-hydrogen) atoms. The lowest BCUT2D eigenvalue weighted by atomic mass is 9.80. The molecule has 0 unspecified atom stereocenters. The lowest BCUT2D eigenvalue weighted by Gasteiger charge is -2.23. The van der Waals surface area contributed by atoms with Crippen molar-refractivity contribution in [1.29, 1.82) is 0 Å². The average Bonchev–Trinajstić information content (AvgIpc) is 3.60. The molecule has 0 N–H and O–H groups in total. The van der Waals surface area contributed by atoms with Crippen molar-refractivity contribution < 1.29 is 0 Å². The monoisotopic (exact) mass is 691 g/mol. The molecular formula is C53H41N. The molecule has 8 aromatic rings. The molecule has 0 saturated heterocycles. The number of rotatable bonds is 5. The first-order valence-electron chi connectivity index (χ1n) is 19.0. The van der Waals surface area contributed by atoms with E-state index in [2.05, 4.69) is 204 Å². The van der Waals surface area contributed by atoms with Gasteiger partial charge in [-0.2, -0.15) is 0 Å². The lowest BCUT2D eigenvalue weighted by molar-refractivity contribution is 0.660. The fourth-order valence-corrected chi connectivity index (χ4v) is 9.07. The summed E-state index contributed by atoms with van der Waals surface area (Å²) in [4.78, 5) is 5.13. The number of hydrogen-bond acceptors (Lipinski definition) is 1. The highest BCUT2D eigenvalue weighted by atomic mass is 14.7. The van der Waals surface area contributed by atoms with E-state index in [1.807, 2.05) is 0 Å². The molecule has 258 valence electrons. The molecule has 0 aliphatic heterocycles. The molecule has 1 nitrogen and oxygen atoms in total. The summed E-state index contributed by atoms with van der Waals surface area (Å²) in [6.07, 6.45) is 0. The van der Waals surface area contributed by atoms with Crippen molar-refractivity contribution >= 4 is 0 Å². The predicted octanol–water partition coefficient (Wildman–Crippen LogP) is 14.0. The average molecular weight is 692 g/mol. The quantitative estimate of drug-likeness (QED) is 0.175. The molecule has 2 aliphatic carbocycles. The Morgan fingerprint density at radius 1 is 0.278 bits per heavy atom. The van der Waals surface area contributed by atoms with Crippen LogP contribution in [0.3, 0.4) is 0 Å². The zero-order chi connectivity index (χ0) is 36.6. The van der Waals surface area contributed by atoms with Gasteiger partial charge in [0.2, 0.25) is 0 Å². The van der Waals surface area contributed by atoms with Crippen molar-refractivity contribution in [1.82, 2.24) is 4.98 Å². The van der Waals surface area contributed by atoms with Crippen molar-refractivity contribution in [2.24, 2.45) is 0 Å². The molecule has 0 atom stereocenters. The first kappa shape index (κ1) is 32.3. The third kappa shape index (κ3) is 5.11. The number of pyridine rings is 1. The summed E-state index contributed by atoms with van der Waals surface area (Å²) < 4.78 is 0. The van der Waals surface area contributed by atoms with Gasteiger partial charge in [-0.1, -0.05) is 167 Å². The normalized spacial score (nSPS) is 14.2. The van der Waals surface area contributed by atoms with Gasteiger partial charge in [0, 0.05) is 22.0 Å². The summed E-state index contributed by atoms with van der Waals surface area (Å²) in [7, 11) is 0. The smallest absolute Gasteiger partial charge is 0.0715 e. The minimum atomic E-state index is -0.160. The second-order valence-corrected chi connectivity index (χ2v) is 16.0. The Morgan fingerprint density at radius 3 is 1.15 bits per heavy atom. The van der Waals surface area contributed by atoms with E-state index >= 15 is 0 Å². The van der Waals surface area contributed by atoms with Gasteiger partial charge in [0.25, 0.3) is 0 Å². The van der Waals surface area contributed by atoms with Crippen LogP contribution < -0.4 is 0 Å². The molecule has 1 aromatic heterocycles. The topological polar surface area (TPSA) is 12.9 Å². The number of hydrogen-bond donors (Lipinski definition) is 0. The molecule has 1 heteroatoms. The standard InChI is InChI=1S/C53H41N/c1-52(2)46-21-12-11-20-42(46)43-25-22-38(29-47(43)52)36-18-13-19-37(28-36)39-23-26-44-45-27-24-40(31-49(45)53(3,4)48(44)30-39)41-32-50(34-14-7-5-8-15-34)54-51(33-41)35-16-9-6-10-17-35/h5-33H,1-4H3. The van der Waals surface area contributed by atoms with Gasteiger partial charge in [0.1, 0.15) is 0 Å². The largest absolute Gasteiger partial charge is 0.248 e. The van der Waals surface area contributed by atoms with E-state index in [1.54, 1.807) is 0 Å². The fourth-order valence-electron chi connectivity index (χ4n) is 9.07. The molecule has 0 amide bonds. The van der Waals surface area contributed by atoms with Crippen LogP contribution in [0.1, 0.15) is 49.9 Å². The SMILES string of the molecule is CC1(C)c2ccccc2-c2ccc(-c3cccc(-c4ccc5c(c4)C(C)(C)c4cc(-c6cc(-c7ccccc7)nc(-c7ccccc7)c6)ccc4-5)c3)cc21. The minimum absolute atomic E-state index is 0.0221. The maximum absolute atomic E-state index is 5.13. The van der Waals surface area contributed by atoms with Crippen LogP contribution in [0.4, 0.5) is 0 Å². The third-order valence-corrected chi connectivity index (χ3v) is 12.1. The molecule has 0 radical (unpaired) electrons. The van der Waals surface area contributed by atoms with Crippen LogP contribution in [0.15, 0.2) is 176 Å². The first-order chi connectivity index (χ1) is 26.3. The van der Waals surface area contributed by atoms with Crippen LogP contribution in [0.2, 0.25) is 0 Å². The molecule has 0 saturated carbocycles. The molecule has 2 aliphatic rings. The summed E-state index contributed by atoms with van der Waals surface area (Å²) in [6, 6.07) is 64.6. The van der Waals surface area contributed by atoms with Crippen molar-refractivity contribution in [3.8, 4) is 78.1 Å². The Hall–Kier alpha value is -6.31. The van der Waals surface area contributed by atoms with E-state index in [9.17, 15) is 0 Å². The zero-order valence-corrected chi connectivity index (χ0v) is 31.2. The highest BCUT2D eigenvalue weighted by molar-refractivity contribution is 5.88. The molecular weight excluding hydrogens is 651 g/mol. The van der Waals surface area contributed by atoms with Gasteiger partial charge in [-0.15, -0.1) is 0 Å². The summed E-state index contributed by atoms with van der Waals surface area (Å²) in [5.74, 6) is 0. The van der Waals surface area contributed by atoms with Crippen LogP contribution in [-0.2, 0) is 10.8 Å². The Balaban J connectivity index is 1.01. The van der Waals surface area contributed by atoms with Gasteiger partial charge in [0.05, 0.1) is 11.4 Å². The Bertz CT molecular complexity index is 2690. The summed E-state index contributed by atoms with van der Waals surface area (Å²) >= 11 is 0. The number of fused-ring (bicyclic) bond motifs is 6. The van der Waals surface area contributed by atoms with Crippen LogP contribution in [0.5, 0.6) is 0 Å². The van der Waals surface area contributed by atoms with Gasteiger partial charge >= 0.3 is 0 Å². The number of aromatic nitrogens is 1. The van der Waals surface area contributed by atoms with E-state index in [4.69, 9.17) is 4.98 Å². The summed E-state index contributed by atoms with van der Waals surface area (Å²) in [5.41, 5.74) is 22.3. The molecule has 10 rings (SSSR count). The van der Waals surface area contributed by atoms with Gasteiger partial charge in [-0.3, -0.25) is 0 Å². The zero-order valence-electron chi connectivity index (χ0n) is 31.2. The van der Waals surface area contributed by atoms with Crippen LogP contribution in [-0.4, -0.2) is 4.98 Å². The Labute approximate surface area is 318 Å². The van der Waals surface area contributed by atoms with Crippen LogP contribution in [0.25, 0.3) is 78.1 Å². The maximum atomic E-state index is 5.13. The van der Waals surface area contributed by atoms with Gasteiger partial charge < -0.3 is 0 Å². The van der Waals surface area contributed by atoms with Crippen LogP contribution in [0, 0.1) is 0 Å². The Morgan fingerprint density at radius 2 is 0.648 bits per heavy atom. The van der Waals surface area contributed by atoms with E-state index in [1.165, 1.54) is 77.9 Å². The number of nitrogens with zero attached hydrogens (tertiary/aromatic N) is 1. The van der Waals surface area contributed by atoms with Crippen molar-refractivity contribution in [3.63, 3.8) is 0 Å². The highest BCUT2D eigenvalue weighted by Gasteiger charge is 2.37. The third-order valence-electron chi connectivity index (χ3n) is 12.1. The van der Waals surface area contributed by atoms with E-state index in [-0.39, 0.29) is 10.8 Å². The summed E-state index contributed by atoms with van der Waals surface area (Å²) in [6.45, 7) is 9.46. The first-order valence-corrected chi connectivity index (χ1v) is 19.0. The molecule has 0 spiro atoms. The highest BCUT2D eigenvalue weighted by Crippen LogP contribution is 2.52. The van der Waals surface area contributed by atoms with Crippen molar-refractivity contribution in [2.45, 2.75) is 38.5 Å². The number of benzene rings is 7. The summed E-state index contributed by atoms with van der Waals surface area (Å²) in [5, 5.41) is 0. The van der Waals surface area contributed by atoms with E-state index in [0.29, 0.717) is 0 Å². The fraction of sp³-hybridized carbons (Fsp3) is 0.113. The molecule has 0 bridgehead atoms.